The monoisotopic (exact) mass is 264 g/mol. The Morgan fingerprint density at radius 3 is 2.84 bits per heavy atom. The minimum Gasteiger partial charge on any atom is -0.363 e. The summed E-state index contributed by atoms with van der Waals surface area (Å²) in [6.45, 7) is 5.59. The summed E-state index contributed by atoms with van der Waals surface area (Å²) in [6, 6.07) is 1.66. The Bertz CT molecular complexity index is 444. The first-order valence-corrected chi connectivity index (χ1v) is 6.74. The van der Waals surface area contributed by atoms with Gasteiger partial charge in [-0.2, -0.15) is 0 Å². The lowest BCUT2D eigenvalue weighted by atomic mass is 10.1. The van der Waals surface area contributed by atoms with Gasteiger partial charge in [-0.15, -0.1) is 0 Å². The molecule has 1 aliphatic rings. The van der Waals surface area contributed by atoms with E-state index in [0.717, 1.165) is 19.6 Å². The van der Waals surface area contributed by atoms with Crippen LogP contribution in [0, 0.1) is 17.0 Å². The Balaban J connectivity index is 1.92. The molecule has 0 atom stereocenters. The Labute approximate surface area is 113 Å². The fourth-order valence-electron chi connectivity index (χ4n) is 2.43. The molecule has 2 heterocycles. The van der Waals surface area contributed by atoms with Gasteiger partial charge in [-0.05, 0) is 38.9 Å². The summed E-state index contributed by atoms with van der Waals surface area (Å²) in [5.74, 6) is 0.377. The van der Waals surface area contributed by atoms with Crippen LogP contribution in [-0.4, -0.2) is 41.0 Å². The first kappa shape index (κ1) is 13.7. The third-order valence-corrected chi connectivity index (χ3v) is 3.48. The number of hydrogen-bond donors (Lipinski definition) is 1. The number of nitro groups is 1. The molecule has 1 saturated heterocycles. The minimum atomic E-state index is -0.369. The maximum Gasteiger partial charge on any atom is 0.314 e. The summed E-state index contributed by atoms with van der Waals surface area (Å²) < 4.78 is 0. The molecule has 104 valence electrons. The lowest BCUT2D eigenvalue weighted by Gasteiger charge is -2.26. The second-order valence-corrected chi connectivity index (χ2v) is 4.91. The van der Waals surface area contributed by atoms with E-state index >= 15 is 0 Å². The SMILES string of the molecule is Cc1ccnc(NCCN2CCCCC2)c1[N+](=O)[O-]. The minimum absolute atomic E-state index is 0.0844. The smallest absolute Gasteiger partial charge is 0.314 e. The molecular formula is C13H20N4O2. The third-order valence-electron chi connectivity index (χ3n) is 3.48. The first-order valence-electron chi connectivity index (χ1n) is 6.74. The molecule has 0 aromatic carbocycles. The Morgan fingerprint density at radius 2 is 2.16 bits per heavy atom. The van der Waals surface area contributed by atoms with E-state index in [-0.39, 0.29) is 10.6 Å². The maximum absolute atomic E-state index is 11.0. The van der Waals surface area contributed by atoms with Crippen molar-refractivity contribution in [2.45, 2.75) is 26.2 Å². The van der Waals surface area contributed by atoms with E-state index in [9.17, 15) is 10.1 Å². The van der Waals surface area contributed by atoms with Crippen molar-refractivity contribution in [1.29, 1.82) is 0 Å². The molecule has 0 unspecified atom stereocenters. The Morgan fingerprint density at radius 1 is 1.42 bits per heavy atom. The number of nitrogens with zero attached hydrogens (tertiary/aromatic N) is 3. The van der Waals surface area contributed by atoms with Gasteiger partial charge >= 0.3 is 5.69 Å². The van der Waals surface area contributed by atoms with Crippen LogP contribution in [0.1, 0.15) is 24.8 Å². The van der Waals surface area contributed by atoms with E-state index in [4.69, 9.17) is 0 Å². The highest BCUT2D eigenvalue weighted by molar-refractivity contribution is 5.59. The van der Waals surface area contributed by atoms with Crippen molar-refractivity contribution < 1.29 is 4.92 Å². The summed E-state index contributed by atoms with van der Waals surface area (Å²) in [6.07, 6.45) is 5.42. The van der Waals surface area contributed by atoms with Gasteiger partial charge in [0.25, 0.3) is 0 Å². The lowest BCUT2D eigenvalue weighted by Crippen LogP contribution is -2.33. The summed E-state index contributed by atoms with van der Waals surface area (Å²) in [7, 11) is 0. The van der Waals surface area contributed by atoms with E-state index in [1.807, 2.05) is 0 Å². The second kappa shape index (κ2) is 6.47. The number of likely N-dealkylation sites (tertiary alicyclic amines) is 1. The van der Waals surface area contributed by atoms with Crippen LogP contribution >= 0.6 is 0 Å². The van der Waals surface area contributed by atoms with Gasteiger partial charge in [0.1, 0.15) is 0 Å². The standard InChI is InChI=1S/C13H20N4O2/c1-11-5-6-14-13(12(11)17(18)19)15-7-10-16-8-3-2-4-9-16/h5-6H,2-4,7-10H2,1H3,(H,14,15). The van der Waals surface area contributed by atoms with Gasteiger partial charge in [0.15, 0.2) is 0 Å². The quantitative estimate of drug-likeness (QED) is 0.652. The second-order valence-electron chi connectivity index (χ2n) is 4.91. The van der Waals surface area contributed by atoms with E-state index in [0.29, 0.717) is 17.9 Å². The highest BCUT2D eigenvalue weighted by atomic mass is 16.6. The largest absolute Gasteiger partial charge is 0.363 e. The zero-order chi connectivity index (χ0) is 13.7. The van der Waals surface area contributed by atoms with Gasteiger partial charge in [-0.3, -0.25) is 10.1 Å². The van der Waals surface area contributed by atoms with E-state index in [2.05, 4.69) is 15.2 Å². The molecule has 1 fully saturated rings. The molecule has 6 heteroatoms. The zero-order valence-electron chi connectivity index (χ0n) is 11.3. The van der Waals surface area contributed by atoms with E-state index in [1.165, 1.54) is 19.3 Å². The fraction of sp³-hybridized carbons (Fsp3) is 0.615. The summed E-state index contributed by atoms with van der Waals surface area (Å²) >= 11 is 0. The Hall–Kier alpha value is -1.69. The number of piperidine rings is 1. The molecule has 0 amide bonds. The van der Waals surface area contributed by atoms with Crippen molar-refractivity contribution in [1.82, 2.24) is 9.88 Å². The van der Waals surface area contributed by atoms with Crippen LogP contribution in [0.2, 0.25) is 0 Å². The highest BCUT2D eigenvalue weighted by Gasteiger charge is 2.18. The number of aromatic nitrogens is 1. The molecule has 1 N–H and O–H groups in total. The van der Waals surface area contributed by atoms with Crippen molar-refractivity contribution in [2.75, 3.05) is 31.5 Å². The molecule has 0 bridgehead atoms. The van der Waals surface area contributed by atoms with Gasteiger partial charge in [0.05, 0.1) is 4.92 Å². The van der Waals surface area contributed by atoms with Crippen molar-refractivity contribution in [2.24, 2.45) is 0 Å². The molecular weight excluding hydrogens is 244 g/mol. The molecule has 0 saturated carbocycles. The number of anilines is 1. The predicted octanol–water partition coefficient (Wildman–Crippen LogP) is 2.20. The van der Waals surface area contributed by atoms with Crippen LogP contribution in [0.25, 0.3) is 0 Å². The van der Waals surface area contributed by atoms with Crippen molar-refractivity contribution in [3.05, 3.63) is 27.9 Å². The number of aryl methyl sites for hydroxylation is 1. The van der Waals surface area contributed by atoms with Gasteiger partial charge < -0.3 is 10.2 Å². The topological polar surface area (TPSA) is 71.3 Å². The van der Waals surface area contributed by atoms with Crippen LogP contribution in [0.3, 0.4) is 0 Å². The summed E-state index contributed by atoms with van der Waals surface area (Å²) in [5, 5.41) is 14.1. The van der Waals surface area contributed by atoms with Crippen LogP contribution in [0.4, 0.5) is 11.5 Å². The zero-order valence-corrected chi connectivity index (χ0v) is 11.3. The van der Waals surface area contributed by atoms with Crippen molar-refractivity contribution >= 4 is 11.5 Å². The van der Waals surface area contributed by atoms with E-state index < -0.39 is 0 Å². The molecule has 1 aromatic rings. The average molecular weight is 264 g/mol. The van der Waals surface area contributed by atoms with Crippen LogP contribution in [0.5, 0.6) is 0 Å². The fourth-order valence-corrected chi connectivity index (χ4v) is 2.43. The molecule has 19 heavy (non-hydrogen) atoms. The number of nitrogens with one attached hydrogen (secondary N) is 1. The average Bonchev–Trinajstić information content (AvgIpc) is 2.39. The van der Waals surface area contributed by atoms with Gasteiger partial charge in [-0.1, -0.05) is 6.42 Å². The van der Waals surface area contributed by atoms with E-state index in [1.54, 1.807) is 19.2 Å². The van der Waals surface area contributed by atoms with Crippen LogP contribution in [-0.2, 0) is 0 Å². The number of pyridine rings is 1. The lowest BCUT2D eigenvalue weighted by molar-refractivity contribution is -0.384. The maximum atomic E-state index is 11.0. The molecule has 0 radical (unpaired) electrons. The third kappa shape index (κ3) is 3.64. The van der Waals surface area contributed by atoms with Crippen LogP contribution in [0.15, 0.2) is 12.3 Å². The number of rotatable bonds is 5. The summed E-state index contributed by atoms with van der Waals surface area (Å²) in [5.41, 5.74) is 0.724. The molecule has 1 aromatic heterocycles. The highest BCUT2D eigenvalue weighted by Crippen LogP contribution is 2.25. The van der Waals surface area contributed by atoms with Gasteiger partial charge in [-0.25, -0.2) is 4.98 Å². The summed E-state index contributed by atoms with van der Waals surface area (Å²) in [4.78, 5) is 17.1. The normalized spacial score (nSPS) is 16.3. The number of hydrogen-bond acceptors (Lipinski definition) is 5. The molecule has 0 spiro atoms. The Kier molecular flexibility index (Phi) is 4.68. The van der Waals surface area contributed by atoms with Crippen molar-refractivity contribution in [3.63, 3.8) is 0 Å². The molecule has 1 aliphatic heterocycles. The van der Waals surface area contributed by atoms with Crippen molar-refractivity contribution in [3.8, 4) is 0 Å². The van der Waals surface area contributed by atoms with Gasteiger partial charge in [0.2, 0.25) is 5.82 Å². The molecule has 2 rings (SSSR count). The van der Waals surface area contributed by atoms with Crippen LogP contribution < -0.4 is 5.32 Å². The van der Waals surface area contributed by atoms with Gasteiger partial charge in [0, 0.05) is 24.8 Å². The predicted molar refractivity (Wildman–Crippen MR) is 74.4 cm³/mol. The molecule has 0 aliphatic carbocycles. The first-order chi connectivity index (χ1) is 9.18. The molecule has 6 nitrogen and oxygen atoms in total.